The zero-order valence-electron chi connectivity index (χ0n) is 11.6. The van der Waals surface area contributed by atoms with Crippen molar-refractivity contribution in [3.05, 3.63) is 12.2 Å². The summed E-state index contributed by atoms with van der Waals surface area (Å²) in [6.07, 6.45) is 3.32. The number of imide groups is 1. The van der Waals surface area contributed by atoms with Gasteiger partial charge in [-0.25, -0.2) is 9.78 Å². The maximum Gasteiger partial charge on any atom is 0.253 e. The minimum absolute atomic E-state index is 0.164. The van der Waals surface area contributed by atoms with Crippen molar-refractivity contribution in [1.82, 2.24) is 4.90 Å². The van der Waals surface area contributed by atoms with E-state index in [1.165, 1.54) is 12.2 Å². The topological polar surface area (TPSA) is 55.8 Å². The van der Waals surface area contributed by atoms with Gasteiger partial charge in [0.15, 0.2) is 0 Å². The Hall–Kier alpha value is -1.20. The van der Waals surface area contributed by atoms with E-state index < -0.39 is 11.2 Å². The van der Waals surface area contributed by atoms with E-state index >= 15 is 0 Å². The molecule has 18 heavy (non-hydrogen) atoms. The van der Waals surface area contributed by atoms with Crippen molar-refractivity contribution in [2.75, 3.05) is 6.54 Å². The molecule has 0 aliphatic carbocycles. The van der Waals surface area contributed by atoms with Crippen LogP contribution in [0.4, 0.5) is 0 Å². The summed E-state index contributed by atoms with van der Waals surface area (Å²) in [5, 5.41) is 0. The molecule has 2 amide bonds. The summed E-state index contributed by atoms with van der Waals surface area (Å²) in [7, 11) is 0. The van der Waals surface area contributed by atoms with Crippen molar-refractivity contribution < 1.29 is 19.4 Å². The van der Waals surface area contributed by atoms with Crippen molar-refractivity contribution in [1.29, 1.82) is 0 Å². The maximum absolute atomic E-state index is 11.4. The van der Waals surface area contributed by atoms with E-state index in [0.717, 1.165) is 11.3 Å². The lowest BCUT2D eigenvalue weighted by Crippen LogP contribution is -2.45. The largest absolute Gasteiger partial charge is 0.272 e. The van der Waals surface area contributed by atoms with Crippen LogP contribution in [0.15, 0.2) is 12.2 Å². The summed E-state index contributed by atoms with van der Waals surface area (Å²) in [6.45, 7) is 9.54. The van der Waals surface area contributed by atoms with Crippen molar-refractivity contribution >= 4 is 11.8 Å². The van der Waals surface area contributed by atoms with Crippen molar-refractivity contribution in [2.24, 2.45) is 0 Å². The molecular weight excluding hydrogens is 234 g/mol. The van der Waals surface area contributed by atoms with E-state index in [9.17, 15) is 9.59 Å². The van der Waals surface area contributed by atoms with Gasteiger partial charge in [-0.15, -0.1) is 0 Å². The first kappa shape index (κ1) is 14.9. The number of rotatable bonds is 6. The second kappa shape index (κ2) is 5.20. The van der Waals surface area contributed by atoms with Gasteiger partial charge in [0.25, 0.3) is 11.8 Å². The average molecular weight is 255 g/mol. The predicted molar refractivity (Wildman–Crippen MR) is 66.5 cm³/mol. The monoisotopic (exact) mass is 255 g/mol. The molecule has 102 valence electrons. The van der Waals surface area contributed by atoms with Crippen LogP contribution in [0.5, 0.6) is 0 Å². The fourth-order valence-corrected chi connectivity index (χ4v) is 1.28. The van der Waals surface area contributed by atoms with E-state index in [-0.39, 0.29) is 18.4 Å². The maximum atomic E-state index is 11.4. The van der Waals surface area contributed by atoms with Gasteiger partial charge in [-0.1, -0.05) is 6.92 Å². The molecule has 1 rings (SSSR count). The molecular formula is C13H21NO4. The molecule has 0 aromatic rings. The number of hydrogen-bond donors (Lipinski definition) is 0. The molecule has 5 heteroatoms. The lowest BCUT2D eigenvalue weighted by atomic mass is 10.1. The minimum Gasteiger partial charge on any atom is -0.272 e. The molecule has 1 aliphatic rings. The number of carbonyl (C=O) groups excluding carboxylic acids is 2. The zero-order valence-corrected chi connectivity index (χ0v) is 11.6. The van der Waals surface area contributed by atoms with Gasteiger partial charge in [0.05, 0.1) is 12.1 Å². The summed E-state index contributed by atoms with van der Waals surface area (Å²) in [5.74, 6) is -0.627. The van der Waals surface area contributed by atoms with Gasteiger partial charge in [-0.05, 0) is 34.1 Å². The van der Waals surface area contributed by atoms with E-state index in [1.807, 2.05) is 20.8 Å². The Morgan fingerprint density at radius 3 is 1.89 bits per heavy atom. The Balaban J connectivity index is 2.55. The molecule has 1 aliphatic heterocycles. The molecule has 0 atom stereocenters. The quantitative estimate of drug-likeness (QED) is 0.413. The zero-order chi connectivity index (χ0) is 14.0. The SMILES string of the molecule is CCC(C)(C)OOC(C)(C)CN1C(=O)C=CC1=O. The summed E-state index contributed by atoms with van der Waals surface area (Å²) < 4.78 is 0. The third-order valence-corrected chi connectivity index (χ3v) is 2.78. The van der Waals surface area contributed by atoms with Crippen molar-refractivity contribution in [2.45, 2.75) is 52.2 Å². The van der Waals surface area contributed by atoms with Crippen molar-refractivity contribution in [3.8, 4) is 0 Å². The minimum atomic E-state index is -0.746. The highest BCUT2D eigenvalue weighted by molar-refractivity contribution is 6.12. The Labute approximate surface area is 108 Å². The van der Waals surface area contributed by atoms with Gasteiger partial charge in [-0.3, -0.25) is 14.5 Å². The highest BCUT2D eigenvalue weighted by Crippen LogP contribution is 2.21. The number of amides is 2. The van der Waals surface area contributed by atoms with Crippen LogP contribution >= 0.6 is 0 Å². The highest BCUT2D eigenvalue weighted by Gasteiger charge is 2.33. The Morgan fingerprint density at radius 2 is 1.44 bits per heavy atom. The number of carbonyl (C=O) groups is 2. The van der Waals surface area contributed by atoms with Gasteiger partial charge < -0.3 is 0 Å². The third-order valence-electron chi connectivity index (χ3n) is 2.78. The summed E-state index contributed by atoms with van der Waals surface area (Å²) in [6, 6.07) is 0. The standard InChI is InChI=1S/C13H21NO4/c1-6-12(2,3)17-18-13(4,5)9-14-10(15)7-8-11(14)16/h7-8H,6,9H2,1-5H3. The first-order valence-electron chi connectivity index (χ1n) is 6.07. The molecule has 0 N–H and O–H groups in total. The molecule has 0 bridgehead atoms. The summed E-state index contributed by atoms with van der Waals surface area (Å²) in [5.41, 5.74) is -1.14. The van der Waals surface area contributed by atoms with Gasteiger partial charge in [0, 0.05) is 12.2 Å². The molecule has 0 radical (unpaired) electrons. The van der Waals surface area contributed by atoms with Gasteiger partial charge in [-0.2, -0.15) is 0 Å². The van der Waals surface area contributed by atoms with Crippen LogP contribution in [0.2, 0.25) is 0 Å². The predicted octanol–water partition coefficient (Wildman–Crippen LogP) is 1.83. The molecule has 0 fully saturated rings. The molecule has 0 saturated heterocycles. The lowest BCUT2D eigenvalue weighted by Gasteiger charge is -2.32. The first-order valence-corrected chi connectivity index (χ1v) is 6.07. The van der Waals surface area contributed by atoms with Crippen LogP contribution in [0.1, 0.15) is 41.0 Å². The van der Waals surface area contributed by atoms with Crippen LogP contribution in [0.3, 0.4) is 0 Å². The molecule has 0 aromatic heterocycles. The van der Waals surface area contributed by atoms with Gasteiger partial charge in [0.2, 0.25) is 0 Å². The molecule has 0 unspecified atom stereocenters. The average Bonchev–Trinajstić information content (AvgIpc) is 2.58. The van der Waals surface area contributed by atoms with E-state index in [1.54, 1.807) is 13.8 Å². The molecule has 0 saturated carbocycles. The van der Waals surface area contributed by atoms with Gasteiger partial charge >= 0.3 is 0 Å². The normalized spacial score (nSPS) is 16.8. The van der Waals surface area contributed by atoms with Crippen LogP contribution in [-0.4, -0.2) is 34.5 Å². The number of nitrogens with zero attached hydrogens (tertiary/aromatic N) is 1. The van der Waals surface area contributed by atoms with Crippen LogP contribution in [0, 0.1) is 0 Å². The van der Waals surface area contributed by atoms with Crippen LogP contribution < -0.4 is 0 Å². The molecule has 5 nitrogen and oxygen atoms in total. The third kappa shape index (κ3) is 3.92. The second-order valence-corrected chi connectivity index (χ2v) is 5.64. The lowest BCUT2D eigenvalue weighted by molar-refractivity contribution is -0.401. The van der Waals surface area contributed by atoms with Crippen LogP contribution in [-0.2, 0) is 19.4 Å². The van der Waals surface area contributed by atoms with E-state index in [2.05, 4.69) is 0 Å². The summed E-state index contributed by atoms with van der Waals surface area (Å²) in [4.78, 5) is 34.7. The van der Waals surface area contributed by atoms with Crippen LogP contribution in [0.25, 0.3) is 0 Å². The van der Waals surface area contributed by atoms with Crippen molar-refractivity contribution in [3.63, 3.8) is 0 Å². The molecule has 0 spiro atoms. The van der Waals surface area contributed by atoms with E-state index in [4.69, 9.17) is 9.78 Å². The number of hydrogen-bond acceptors (Lipinski definition) is 4. The molecule has 1 heterocycles. The highest BCUT2D eigenvalue weighted by atomic mass is 17.2. The van der Waals surface area contributed by atoms with Gasteiger partial charge in [0.1, 0.15) is 5.60 Å². The molecule has 0 aromatic carbocycles. The Bertz CT molecular complexity index is 353. The second-order valence-electron chi connectivity index (χ2n) is 5.64. The Morgan fingerprint density at radius 1 is 1.00 bits per heavy atom. The fourth-order valence-electron chi connectivity index (χ4n) is 1.28. The smallest absolute Gasteiger partial charge is 0.253 e. The summed E-state index contributed by atoms with van der Waals surface area (Å²) >= 11 is 0. The fraction of sp³-hybridized carbons (Fsp3) is 0.692. The van der Waals surface area contributed by atoms with E-state index in [0.29, 0.717) is 0 Å². The Kier molecular flexibility index (Phi) is 4.29. The first-order chi connectivity index (χ1) is 8.17.